The van der Waals surface area contributed by atoms with Crippen molar-refractivity contribution in [1.82, 2.24) is 10.9 Å². The fourth-order valence-corrected chi connectivity index (χ4v) is 1.80. The van der Waals surface area contributed by atoms with E-state index < -0.39 is 0 Å². The molecule has 2 N–H and O–H groups in total. The van der Waals surface area contributed by atoms with Gasteiger partial charge in [-0.05, 0) is 30.5 Å². The fraction of sp³-hybridized carbons (Fsp3) is 0.417. The summed E-state index contributed by atoms with van der Waals surface area (Å²) in [6.45, 7) is 0. The number of aryl methyl sites for hydroxylation is 1. The molecule has 0 atom stereocenters. The van der Waals surface area contributed by atoms with E-state index in [1.165, 1.54) is 0 Å². The maximum absolute atomic E-state index is 11.2. The number of hydrogen-bond acceptors (Lipinski definition) is 3. The van der Waals surface area contributed by atoms with Crippen LogP contribution in [-0.4, -0.2) is 20.1 Å². The topological polar surface area (TPSA) is 50.4 Å². The minimum Gasteiger partial charge on any atom is -0.495 e. The molecule has 1 amide bonds. The molecular weight excluding hydrogens is 240 g/mol. The standard InChI is InChI=1S/C12H17ClN2O2/c1-14-15-12(16)5-3-4-9-6-7-11(17-2)10(13)8-9/h6-8,14H,3-5H2,1-2H3,(H,15,16). The minimum atomic E-state index is -0.00731. The number of methoxy groups -OCH3 is 1. The Morgan fingerprint density at radius 1 is 1.47 bits per heavy atom. The van der Waals surface area contributed by atoms with Crippen molar-refractivity contribution in [3.05, 3.63) is 28.8 Å². The van der Waals surface area contributed by atoms with E-state index in [0.717, 1.165) is 18.4 Å². The molecule has 0 aliphatic heterocycles. The van der Waals surface area contributed by atoms with Gasteiger partial charge in [-0.2, -0.15) is 0 Å². The molecule has 1 aromatic carbocycles. The van der Waals surface area contributed by atoms with E-state index in [4.69, 9.17) is 16.3 Å². The lowest BCUT2D eigenvalue weighted by Gasteiger charge is -2.06. The highest BCUT2D eigenvalue weighted by atomic mass is 35.5. The molecule has 0 saturated carbocycles. The highest BCUT2D eigenvalue weighted by Crippen LogP contribution is 2.25. The lowest BCUT2D eigenvalue weighted by Crippen LogP contribution is -2.33. The van der Waals surface area contributed by atoms with Crippen LogP contribution in [0.4, 0.5) is 0 Å². The molecule has 5 heteroatoms. The van der Waals surface area contributed by atoms with Crippen LogP contribution in [-0.2, 0) is 11.2 Å². The van der Waals surface area contributed by atoms with Crippen LogP contribution < -0.4 is 15.6 Å². The average Bonchev–Trinajstić information content (AvgIpc) is 2.29. The lowest BCUT2D eigenvalue weighted by molar-refractivity contribution is -0.122. The van der Waals surface area contributed by atoms with Crippen LogP contribution in [0.15, 0.2) is 18.2 Å². The summed E-state index contributed by atoms with van der Waals surface area (Å²) in [7, 11) is 3.25. The van der Waals surface area contributed by atoms with Crippen LogP contribution in [0.1, 0.15) is 18.4 Å². The normalized spacial score (nSPS) is 10.1. The van der Waals surface area contributed by atoms with E-state index in [1.54, 1.807) is 14.2 Å². The van der Waals surface area contributed by atoms with Gasteiger partial charge in [0.1, 0.15) is 5.75 Å². The fourth-order valence-electron chi connectivity index (χ4n) is 1.52. The van der Waals surface area contributed by atoms with Crippen molar-refractivity contribution in [2.24, 2.45) is 0 Å². The van der Waals surface area contributed by atoms with Crippen LogP contribution in [0.25, 0.3) is 0 Å². The molecule has 4 nitrogen and oxygen atoms in total. The van der Waals surface area contributed by atoms with E-state index >= 15 is 0 Å². The number of ether oxygens (including phenoxy) is 1. The van der Waals surface area contributed by atoms with Gasteiger partial charge in [0, 0.05) is 13.5 Å². The van der Waals surface area contributed by atoms with E-state index in [9.17, 15) is 4.79 Å². The smallest absolute Gasteiger partial charge is 0.234 e. The molecule has 0 aliphatic rings. The first kappa shape index (κ1) is 13.8. The SMILES string of the molecule is CNNC(=O)CCCc1ccc(OC)c(Cl)c1. The first-order valence-electron chi connectivity index (χ1n) is 5.45. The van der Waals surface area contributed by atoms with Gasteiger partial charge in [0.15, 0.2) is 0 Å². The molecule has 0 radical (unpaired) electrons. The summed E-state index contributed by atoms with van der Waals surface area (Å²) < 4.78 is 5.07. The van der Waals surface area contributed by atoms with E-state index in [0.29, 0.717) is 17.2 Å². The molecule has 0 heterocycles. The third-order valence-corrected chi connectivity index (χ3v) is 2.65. The number of hydrazine groups is 1. The van der Waals surface area contributed by atoms with Gasteiger partial charge in [0.2, 0.25) is 5.91 Å². The molecule has 0 spiro atoms. The van der Waals surface area contributed by atoms with Gasteiger partial charge in [0.05, 0.1) is 12.1 Å². The molecule has 94 valence electrons. The Labute approximate surface area is 106 Å². The van der Waals surface area contributed by atoms with Gasteiger partial charge >= 0.3 is 0 Å². The number of nitrogens with one attached hydrogen (secondary N) is 2. The Morgan fingerprint density at radius 3 is 2.82 bits per heavy atom. The van der Waals surface area contributed by atoms with Crippen LogP contribution >= 0.6 is 11.6 Å². The Hall–Kier alpha value is -1.26. The molecule has 0 fully saturated rings. The first-order chi connectivity index (χ1) is 8.17. The van der Waals surface area contributed by atoms with Crippen LogP contribution in [0.5, 0.6) is 5.75 Å². The number of benzene rings is 1. The maximum atomic E-state index is 11.2. The quantitative estimate of drug-likeness (QED) is 0.765. The van der Waals surface area contributed by atoms with Crippen molar-refractivity contribution in [3.63, 3.8) is 0 Å². The number of carbonyl (C=O) groups excluding carboxylic acids is 1. The van der Waals surface area contributed by atoms with Gasteiger partial charge in [-0.15, -0.1) is 0 Å². The molecule has 17 heavy (non-hydrogen) atoms. The summed E-state index contributed by atoms with van der Waals surface area (Å²) in [5, 5.41) is 0.602. The van der Waals surface area contributed by atoms with Crippen LogP contribution in [0.3, 0.4) is 0 Å². The summed E-state index contributed by atoms with van der Waals surface area (Å²) in [5.74, 6) is 0.662. The van der Waals surface area contributed by atoms with Crippen molar-refractivity contribution in [3.8, 4) is 5.75 Å². The van der Waals surface area contributed by atoms with Crippen molar-refractivity contribution in [2.75, 3.05) is 14.2 Å². The molecule has 0 unspecified atom stereocenters. The average molecular weight is 257 g/mol. The predicted octanol–water partition coefficient (Wildman–Crippen LogP) is 1.92. The molecule has 0 saturated heterocycles. The van der Waals surface area contributed by atoms with Gasteiger partial charge in [-0.1, -0.05) is 17.7 Å². The predicted molar refractivity (Wildman–Crippen MR) is 68.1 cm³/mol. The number of halogens is 1. The van der Waals surface area contributed by atoms with Crippen molar-refractivity contribution in [1.29, 1.82) is 0 Å². The second-order valence-electron chi connectivity index (χ2n) is 3.62. The van der Waals surface area contributed by atoms with E-state index in [2.05, 4.69) is 10.9 Å². The van der Waals surface area contributed by atoms with Gasteiger partial charge in [-0.3, -0.25) is 10.2 Å². The largest absolute Gasteiger partial charge is 0.495 e. The zero-order chi connectivity index (χ0) is 12.7. The molecule has 0 bridgehead atoms. The third-order valence-electron chi connectivity index (χ3n) is 2.35. The number of amides is 1. The Balaban J connectivity index is 2.42. The highest BCUT2D eigenvalue weighted by molar-refractivity contribution is 6.32. The molecule has 0 aromatic heterocycles. The first-order valence-corrected chi connectivity index (χ1v) is 5.83. The number of hydrogen-bond donors (Lipinski definition) is 2. The second kappa shape index (κ2) is 7.14. The number of carbonyl (C=O) groups is 1. The summed E-state index contributed by atoms with van der Waals surface area (Å²) in [6.07, 6.45) is 2.10. The zero-order valence-corrected chi connectivity index (χ0v) is 10.8. The molecule has 1 rings (SSSR count). The minimum absolute atomic E-state index is 0.00731. The van der Waals surface area contributed by atoms with Crippen molar-refractivity contribution < 1.29 is 9.53 Å². The van der Waals surface area contributed by atoms with Crippen molar-refractivity contribution in [2.45, 2.75) is 19.3 Å². The Bertz CT molecular complexity index is 383. The third kappa shape index (κ3) is 4.63. The second-order valence-corrected chi connectivity index (χ2v) is 4.03. The van der Waals surface area contributed by atoms with Crippen molar-refractivity contribution >= 4 is 17.5 Å². The molecular formula is C12H17ClN2O2. The van der Waals surface area contributed by atoms with Gasteiger partial charge < -0.3 is 4.74 Å². The molecule has 1 aromatic rings. The monoisotopic (exact) mass is 256 g/mol. The summed E-state index contributed by atoms with van der Waals surface area (Å²) >= 11 is 6.01. The van der Waals surface area contributed by atoms with Gasteiger partial charge in [-0.25, -0.2) is 5.43 Å². The summed E-state index contributed by atoms with van der Waals surface area (Å²) in [6, 6.07) is 5.67. The van der Waals surface area contributed by atoms with Gasteiger partial charge in [0.25, 0.3) is 0 Å². The Morgan fingerprint density at radius 2 is 2.24 bits per heavy atom. The lowest BCUT2D eigenvalue weighted by atomic mass is 10.1. The molecule has 0 aliphatic carbocycles. The summed E-state index contributed by atoms with van der Waals surface area (Å²) in [4.78, 5) is 11.2. The van der Waals surface area contributed by atoms with E-state index in [1.807, 2.05) is 18.2 Å². The van der Waals surface area contributed by atoms with Crippen LogP contribution in [0, 0.1) is 0 Å². The van der Waals surface area contributed by atoms with E-state index in [-0.39, 0.29) is 5.91 Å². The highest BCUT2D eigenvalue weighted by Gasteiger charge is 2.03. The Kier molecular flexibility index (Phi) is 5.80. The summed E-state index contributed by atoms with van der Waals surface area (Å²) in [5.41, 5.74) is 6.23. The number of rotatable bonds is 6. The maximum Gasteiger partial charge on any atom is 0.234 e. The van der Waals surface area contributed by atoms with Crippen LogP contribution in [0.2, 0.25) is 5.02 Å². The zero-order valence-electron chi connectivity index (χ0n) is 10.0.